The fourth-order valence-corrected chi connectivity index (χ4v) is 2.79. The van der Waals surface area contributed by atoms with Crippen LogP contribution in [0, 0.1) is 0 Å². The molecule has 1 aromatic carbocycles. The largest absolute Gasteiger partial charge is 0.497 e. The Morgan fingerprint density at radius 1 is 1.44 bits per heavy atom. The maximum absolute atomic E-state index is 11.5. The number of carbonyl (C=O) groups excluding carboxylic acids is 1. The number of benzene rings is 1. The molecular weight excluding hydrogens is 246 g/mol. The van der Waals surface area contributed by atoms with Crippen molar-refractivity contribution in [2.24, 2.45) is 0 Å². The van der Waals surface area contributed by atoms with Crippen molar-refractivity contribution in [3.05, 3.63) is 34.8 Å². The molecule has 18 heavy (non-hydrogen) atoms. The zero-order valence-electron chi connectivity index (χ0n) is 10.7. The van der Waals surface area contributed by atoms with Gasteiger partial charge in [0.05, 0.1) is 17.7 Å². The van der Waals surface area contributed by atoms with Crippen molar-refractivity contribution in [3.8, 4) is 16.3 Å². The van der Waals surface area contributed by atoms with Gasteiger partial charge >= 0.3 is 0 Å². The number of nitrogens with zero attached hydrogens (tertiary/aromatic N) is 1. The maximum Gasteiger partial charge on any atom is 0.171 e. The van der Waals surface area contributed by atoms with Gasteiger partial charge in [-0.2, -0.15) is 0 Å². The quantitative estimate of drug-likeness (QED) is 0.790. The summed E-state index contributed by atoms with van der Waals surface area (Å²) in [6, 6.07) is 7.73. The number of methoxy groups -OCH3 is 1. The van der Waals surface area contributed by atoms with Crippen molar-refractivity contribution >= 4 is 17.1 Å². The van der Waals surface area contributed by atoms with Crippen LogP contribution in [0.1, 0.15) is 29.2 Å². The number of ether oxygens (including phenoxy) is 1. The highest BCUT2D eigenvalue weighted by Crippen LogP contribution is 2.30. The first-order valence-corrected chi connectivity index (χ1v) is 6.62. The zero-order valence-corrected chi connectivity index (χ0v) is 11.5. The van der Waals surface area contributed by atoms with E-state index in [1.807, 2.05) is 31.2 Å². The number of thiazole rings is 1. The summed E-state index contributed by atoms with van der Waals surface area (Å²) in [4.78, 5) is 16.8. The van der Waals surface area contributed by atoms with Crippen LogP contribution >= 0.6 is 11.3 Å². The summed E-state index contributed by atoms with van der Waals surface area (Å²) in [5, 5.41) is 0.871. The molecule has 2 aromatic rings. The monoisotopic (exact) mass is 261 g/mol. The highest BCUT2D eigenvalue weighted by molar-refractivity contribution is 7.17. The average Bonchev–Trinajstić information content (AvgIpc) is 2.83. The molecule has 4 heteroatoms. The predicted octanol–water partition coefficient (Wildman–Crippen LogP) is 3.58. The van der Waals surface area contributed by atoms with Crippen molar-refractivity contribution in [1.29, 1.82) is 0 Å². The molecule has 0 saturated heterocycles. The standard InChI is InChI=1S/C14H15NO2S/c1-4-12-13(9(2)16)18-14(15-12)10-6-5-7-11(8-10)17-3/h5-8H,4H2,1-3H3. The van der Waals surface area contributed by atoms with Crippen LogP contribution in [0.25, 0.3) is 10.6 Å². The van der Waals surface area contributed by atoms with Crippen molar-refractivity contribution in [1.82, 2.24) is 4.98 Å². The third kappa shape index (κ3) is 2.43. The molecule has 0 aliphatic carbocycles. The Balaban J connectivity index is 2.47. The number of carbonyl (C=O) groups is 1. The Morgan fingerprint density at radius 2 is 2.22 bits per heavy atom. The summed E-state index contributed by atoms with van der Waals surface area (Å²) in [7, 11) is 1.64. The SMILES string of the molecule is CCc1nc(-c2cccc(OC)c2)sc1C(C)=O. The van der Waals surface area contributed by atoms with Crippen LogP contribution in [0.2, 0.25) is 0 Å². The molecule has 0 atom stereocenters. The average molecular weight is 261 g/mol. The van der Waals surface area contributed by atoms with E-state index < -0.39 is 0 Å². The molecule has 0 N–H and O–H groups in total. The highest BCUT2D eigenvalue weighted by Gasteiger charge is 2.14. The van der Waals surface area contributed by atoms with E-state index in [9.17, 15) is 4.79 Å². The molecule has 1 heterocycles. The van der Waals surface area contributed by atoms with E-state index >= 15 is 0 Å². The number of hydrogen-bond acceptors (Lipinski definition) is 4. The first-order valence-electron chi connectivity index (χ1n) is 5.80. The van der Waals surface area contributed by atoms with Crippen molar-refractivity contribution < 1.29 is 9.53 Å². The molecule has 0 radical (unpaired) electrons. The highest BCUT2D eigenvalue weighted by atomic mass is 32.1. The van der Waals surface area contributed by atoms with Crippen LogP contribution in [-0.4, -0.2) is 17.9 Å². The minimum absolute atomic E-state index is 0.0819. The Labute approximate surface area is 110 Å². The molecule has 3 nitrogen and oxygen atoms in total. The van der Waals surface area contributed by atoms with E-state index in [1.54, 1.807) is 14.0 Å². The first-order chi connectivity index (χ1) is 8.65. The third-order valence-corrected chi connectivity index (χ3v) is 3.92. The smallest absolute Gasteiger partial charge is 0.171 e. The Bertz CT molecular complexity index is 575. The summed E-state index contributed by atoms with van der Waals surface area (Å²) in [5.74, 6) is 0.878. The number of Topliss-reactive ketones (excluding diaryl/α,β-unsaturated/α-hetero) is 1. The topological polar surface area (TPSA) is 39.2 Å². The van der Waals surface area contributed by atoms with E-state index in [0.717, 1.165) is 33.3 Å². The molecule has 0 saturated carbocycles. The molecule has 0 bridgehead atoms. The number of aryl methyl sites for hydroxylation is 1. The van der Waals surface area contributed by atoms with Crippen molar-refractivity contribution in [3.63, 3.8) is 0 Å². The predicted molar refractivity (Wildman–Crippen MR) is 73.5 cm³/mol. The van der Waals surface area contributed by atoms with Crippen LogP contribution in [0.15, 0.2) is 24.3 Å². The fourth-order valence-electron chi connectivity index (χ4n) is 1.75. The number of ketones is 1. The molecule has 1 aromatic heterocycles. The van der Waals surface area contributed by atoms with Gasteiger partial charge < -0.3 is 4.74 Å². The molecule has 0 fully saturated rings. The molecule has 0 amide bonds. The minimum atomic E-state index is 0.0819. The molecular formula is C14H15NO2S. The fraction of sp³-hybridized carbons (Fsp3) is 0.286. The molecule has 0 spiro atoms. The number of rotatable bonds is 4. The van der Waals surface area contributed by atoms with Crippen molar-refractivity contribution in [2.75, 3.05) is 7.11 Å². The second kappa shape index (κ2) is 5.31. The van der Waals surface area contributed by atoms with E-state index in [2.05, 4.69) is 4.98 Å². The lowest BCUT2D eigenvalue weighted by Crippen LogP contribution is -1.93. The zero-order chi connectivity index (χ0) is 13.1. The second-order valence-corrected chi connectivity index (χ2v) is 4.94. The molecule has 2 rings (SSSR count). The van der Waals surface area contributed by atoms with Crippen LogP contribution in [0.5, 0.6) is 5.75 Å². The van der Waals surface area contributed by atoms with Crippen LogP contribution in [-0.2, 0) is 6.42 Å². The second-order valence-electron chi connectivity index (χ2n) is 3.94. The number of aromatic nitrogens is 1. The normalized spacial score (nSPS) is 10.4. The summed E-state index contributed by atoms with van der Waals surface area (Å²) < 4.78 is 5.20. The summed E-state index contributed by atoms with van der Waals surface area (Å²) in [5.41, 5.74) is 1.87. The van der Waals surface area contributed by atoms with Crippen LogP contribution < -0.4 is 4.74 Å². The van der Waals surface area contributed by atoms with Gasteiger partial charge in [-0.25, -0.2) is 4.98 Å². The van der Waals surface area contributed by atoms with Gasteiger partial charge in [0.2, 0.25) is 0 Å². The molecule has 0 aliphatic rings. The van der Waals surface area contributed by atoms with Gasteiger partial charge in [-0.15, -0.1) is 11.3 Å². The minimum Gasteiger partial charge on any atom is -0.497 e. The lowest BCUT2D eigenvalue weighted by Gasteiger charge is -2.00. The van der Waals surface area contributed by atoms with Gasteiger partial charge in [-0.1, -0.05) is 19.1 Å². The lowest BCUT2D eigenvalue weighted by molar-refractivity contribution is 0.102. The van der Waals surface area contributed by atoms with Crippen LogP contribution in [0.3, 0.4) is 0 Å². The lowest BCUT2D eigenvalue weighted by atomic mass is 10.2. The first kappa shape index (κ1) is 12.8. The van der Waals surface area contributed by atoms with Gasteiger partial charge in [0.25, 0.3) is 0 Å². The van der Waals surface area contributed by atoms with Crippen molar-refractivity contribution in [2.45, 2.75) is 20.3 Å². The Kier molecular flexibility index (Phi) is 3.77. The molecule has 0 unspecified atom stereocenters. The van der Waals surface area contributed by atoms with Gasteiger partial charge in [-0.05, 0) is 18.6 Å². The van der Waals surface area contributed by atoms with Crippen LogP contribution in [0.4, 0.5) is 0 Å². The summed E-state index contributed by atoms with van der Waals surface area (Å²) >= 11 is 1.45. The van der Waals surface area contributed by atoms with Gasteiger partial charge in [-0.3, -0.25) is 4.79 Å². The van der Waals surface area contributed by atoms with E-state index in [-0.39, 0.29) is 5.78 Å². The van der Waals surface area contributed by atoms with E-state index in [1.165, 1.54) is 11.3 Å². The van der Waals surface area contributed by atoms with Gasteiger partial charge in [0.15, 0.2) is 5.78 Å². The van der Waals surface area contributed by atoms with E-state index in [0.29, 0.717) is 0 Å². The molecule has 94 valence electrons. The van der Waals surface area contributed by atoms with Gasteiger partial charge in [0.1, 0.15) is 10.8 Å². The summed E-state index contributed by atoms with van der Waals surface area (Å²) in [6.45, 7) is 3.60. The number of hydrogen-bond donors (Lipinski definition) is 0. The maximum atomic E-state index is 11.5. The Morgan fingerprint density at radius 3 is 2.78 bits per heavy atom. The van der Waals surface area contributed by atoms with E-state index in [4.69, 9.17) is 4.74 Å². The molecule has 0 aliphatic heterocycles. The summed E-state index contributed by atoms with van der Waals surface area (Å²) in [6.07, 6.45) is 0.773. The third-order valence-electron chi connectivity index (χ3n) is 2.67. The Hall–Kier alpha value is -1.68. The van der Waals surface area contributed by atoms with Gasteiger partial charge in [0, 0.05) is 12.5 Å².